The van der Waals surface area contributed by atoms with Crippen molar-refractivity contribution in [2.24, 2.45) is 5.73 Å². The smallest absolute Gasteiger partial charge is 0.404 e. The molecule has 92 valence electrons. The fourth-order valence-electron chi connectivity index (χ4n) is 2.00. The van der Waals surface area contributed by atoms with Gasteiger partial charge in [-0.15, -0.1) is 0 Å². The number of aromatic nitrogens is 1. The SMILES string of the molecule is Cc1cc(C2CCC2)[nH]c(=O)c1COC(N)=O. The van der Waals surface area contributed by atoms with Gasteiger partial charge in [-0.3, -0.25) is 4.79 Å². The number of carbonyl (C=O) groups excluding carboxylic acids is 1. The van der Waals surface area contributed by atoms with E-state index < -0.39 is 6.09 Å². The Morgan fingerprint density at radius 1 is 1.59 bits per heavy atom. The number of amides is 1. The van der Waals surface area contributed by atoms with Crippen LogP contribution in [-0.4, -0.2) is 11.1 Å². The van der Waals surface area contributed by atoms with Crippen molar-refractivity contribution in [3.8, 4) is 0 Å². The van der Waals surface area contributed by atoms with Gasteiger partial charge >= 0.3 is 6.09 Å². The lowest BCUT2D eigenvalue weighted by Crippen LogP contribution is -2.23. The van der Waals surface area contributed by atoms with Crippen molar-refractivity contribution in [2.75, 3.05) is 0 Å². The third-order valence-electron chi connectivity index (χ3n) is 3.28. The fourth-order valence-corrected chi connectivity index (χ4v) is 2.00. The Kier molecular flexibility index (Phi) is 3.17. The van der Waals surface area contributed by atoms with Crippen LogP contribution in [0.25, 0.3) is 0 Å². The Labute approximate surface area is 99.0 Å². The maximum Gasteiger partial charge on any atom is 0.404 e. The molecule has 0 aliphatic heterocycles. The number of H-pyrrole nitrogens is 1. The molecule has 0 spiro atoms. The number of ether oxygens (including phenoxy) is 1. The highest BCUT2D eigenvalue weighted by atomic mass is 16.5. The van der Waals surface area contributed by atoms with Crippen LogP contribution in [0.1, 0.15) is 42.0 Å². The zero-order chi connectivity index (χ0) is 12.4. The highest BCUT2D eigenvalue weighted by molar-refractivity contribution is 5.64. The van der Waals surface area contributed by atoms with Crippen LogP contribution in [0.2, 0.25) is 0 Å². The summed E-state index contributed by atoms with van der Waals surface area (Å²) >= 11 is 0. The maximum absolute atomic E-state index is 11.8. The van der Waals surface area contributed by atoms with E-state index in [4.69, 9.17) is 5.73 Å². The summed E-state index contributed by atoms with van der Waals surface area (Å²) in [7, 11) is 0. The molecular weight excluding hydrogens is 220 g/mol. The average molecular weight is 236 g/mol. The molecule has 5 nitrogen and oxygen atoms in total. The Balaban J connectivity index is 2.22. The summed E-state index contributed by atoms with van der Waals surface area (Å²) in [6, 6.07) is 1.96. The van der Waals surface area contributed by atoms with Gasteiger partial charge in [-0.25, -0.2) is 4.79 Å². The first-order valence-electron chi connectivity index (χ1n) is 5.73. The average Bonchev–Trinajstić information content (AvgIpc) is 2.12. The van der Waals surface area contributed by atoms with Crippen molar-refractivity contribution >= 4 is 6.09 Å². The normalized spacial score (nSPS) is 15.4. The molecule has 17 heavy (non-hydrogen) atoms. The number of primary amides is 1. The topological polar surface area (TPSA) is 85.2 Å². The molecule has 0 atom stereocenters. The zero-order valence-electron chi connectivity index (χ0n) is 9.79. The lowest BCUT2D eigenvalue weighted by Gasteiger charge is -2.25. The summed E-state index contributed by atoms with van der Waals surface area (Å²) in [6.07, 6.45) is 2.61. The van der Waals surface area contributed by atoms with E-state index in [1.807, 2.05) is 13.0 Å². The van der Waals surface area contributed by atoms with Gasteiger partial charge in [-0.1, -0.05) is 6.42 Å². The van der Waals surface area contributed by atoms with E-state index in [1.165, 1.54) is 6.42 Å². The van der Waals surface area contributed by atoms with Crippen LogP contribution < -0.4 is 11.3 Å². The summed E-state index contributed by atoms with van der Waals surface area (Å²) in [5.74, 6) is 0.479. The van der Waals surface area contributed by atoms with Crippen molar-refractivity contribution in [1.29, 1.82) is 0 Å². The van der Waals surface area contributed by atoms with E-state index in [2.05, 4.69) is 9.72 Å². The number of aryl methyl sites for hydroxylation is 1. The second-order valence-corrected chi connectivity index (χ2v) is 4.45. The summed E-state index contributed by atoms with van der Waals surface area (Å²) < 4.78 is 4.65. The lowest BCUT2D eigenvalue weighted by atomic mass is 9.82. The first-order chi connectivity index (χ1) is 8.08. The van der Waals surface area contributed by atoms with Gasteiger partial charge < -0.3 is 15.5 Å². The largest absolute Gasteiger partial charge is 0.445 e. The van der Waals surface area contributed by atoms with Gasteiger partial charge in [-0.2, -0.15) is 0 Å². The molecule has 0 bridgehead atoms. The van der Waals surface area contributed by atoms with Crippen molar-refractivity contribution in [1.82, 2.24) is 4.98 Å². The van der Waals surface area contributed by atoms with Gasteiger partial charge in [0.05, 0.1) is 5.56 Å². The Morgan fingerprint density at radius 2 is 2.29 bits per heavy atom. The second-order valence-electron chi connectivity index (χ2n) is 4.45. The first kappa shape index (κ1) is 11.7. The summed E-state index contributed by atoms with van der Waals surface area (Å²) in [5.41, 5.74) is 6.99. The summed E-state index contributed by atoms with van der Waals surface area (Å²) in [5, 5.41) is 0. The number of nitrogens with two attached hydrogens (primary N) is 1. The number of nitrogens with one attached hydrogen (secondary N) is 1. The molecule has 0 unspecified atom stereocenters. The van der Waals surface area contributed by atoms with Crippen LogP contribution in [-0.2, 0) is 11.3 Å². The minimum atomic E-state index is -0.869. The van der Waals surface area contributed by atoms with Gasteiger partial charge in [0.1, 0.15) is 6.61 Å². The van der Waals surface area contributed by atoms with Crippen LogP contribution in [0.5, 0.6) is 0 Å². The van der Waals surface area contributed by atoms with Crippen molar-refractivity contribution in [3.63, 3.8) is 0 Å². The summed E-state index contributed by atoms with van der Waals surface area (Å²) in [4.78, 5) is 25.2. The molecule has 0 radical (unpaired) electrons. The van der Waals surface area contributed by atoms with E-state index >= 15 is 0 Å². The molecule has 5 heteroatoms. The molecule has 0 aromatic carbocycles. The summed E-state index contributed by atoms with van der Waals surface area (Å²) in [6.45, 7) is 1.78. The highest BCUT2D eigenvalue weighted by Crippen LogP contribution is 2.35. The van der Waals surface area contributed by atoms with E-state index in [9.17, 15) is 9.59 Å². The van der Waals surface area contributed by atoms with E-state index in [1.54, 1.807) is 0 Å². The van der Waals surface area contributed by atoms with Crippen molar-refractivity contribution < 1.29 is 9.53 Å². The minimum Gasteiger partial charge on any atom is -0.445 e. The number of rotatable bonds is 3. The quantitative estimate of drug-likeness (QED) is 0.834. The van der Waals surface area contributed by atoms with Gasteiger partial charge in [-0.05, 0) is 37.3 Å². The van der Waals surface area contributed by atoms with Gasteiger partial charge in [0.15, 0.2) is 0 Å². The fraction of sp³-hybridized carbons (Fsp3) is 0.500. The number of aromatic amines is 1. The van der Waals surface area contributed by atoms with Crippen LogP contribution >= 0.6 is 0 Å². The molecule has 0 saturated heterocycles. The standard InChI is InChI=1S/C12H16N2O3/c1-7-5-10(8-3-2-4-8)14-11(15)9(7)6-17-12(13)16/h5,8H,2-4,6H2,1H3,(H2,13,16)(H,14,15). The first-order valence-corrected chi connectivity index (χ1v) is 5.73. The maximum atomic E-state index is 11.8. The molecule has 1 amide bonds. The van der Waals surface area contributed by atoms with Gasteiger partial charge in [0, 0.05) is 5.69 Å². The monoisotopic (exact) mass is 236 g/mol. The molecule has 1 heterocycles. The zero-order valence-corrected chi connectivity index (χ0v) is 9.79. The Morgan fingerprint density at radius 3 is 2.76 bits per heavy atom. The molecule has 1 aromatic rings. The van der Waals surface area contributed by atoms with Crippen molar-refractivity contribution in [3.05, 3.63) is 33.2 Å². The predicted octanol–water partition coefficient (Wildman–Crippen LogP) is 1.55. The number of hydrogen-bond acceptors (Lipinski definition) is 3. The van der Waals surface area contributed by atoms with Gasteiger partial charge in [0.25, 0.3) is 5.56 Å². The molecule has 1 aliphatic rings. The van der Waals surface area contributed by atoms with Crippen LogP contribution in [0, 0.1) is 6.92 Å². The van der Waals surface area contributed by atoms with Crippen LogP contribution in [0.4, 0.5) is 4.79 Å². The molecule has 1 saturated carbocycles. The Hall–Kier alpha value is -1.78. The predicted molar refractivity (Wildman–Crippen MR) is 62.8 cm³/mol. The third kappa shape index (κ3) is 2.49. The van der Waals surface area contributed by atoms with E-state index in [0.29, 0.717) is 11.5 Å². The van der Waals surface area contributed by atoms with Crippen LogP contribution in [0.3, 0.4) is 0 Å². The molecule has 1 aliphatic carbocycles. The number of carbonyl (C=O) groups is 1. The molecule has 2 rings (SSSR count). The molecular formula is C12H16N2O3. The lowest BCUT2D eigenvalue weighted by molar-refractivity contribution is 0.149. The molecule has 3 N–H and O–H groups in total. The third-order valence-corrected chi connectivity index (χ3v) is 3.28. The molecule has 1 fully saturated rings. The second kappa shape index (κ2) is 4.61. The number of pyridine rings is 1. The van der Waals surface area contributed by atoms with Gasteiger partial charge in [0.2, 0.25) is 0 Å². The van der Waals surface area contributed by atoms with Crippen LogP contribution in [0.15, 0.2) is 10.9 Å². The molecule has 1 aromatic heterocycles. The highest BCUT2D eigenvalue weighted by Gasteiger charge is 2.21. The van der Waals surface area contributed by atoms with E-state index in [-0.39, 0.29) is 12.2 Å². The van der Waals surface area contributed by atoms with Crippen molar-refractivity contribution in [2.45, 2.75) is 38.7 Å². The Bertz CT molecular complexity index is 489. The van der Waals surface area contributed by atoms with E-state index in [0.717, 1.165) is 24.1 Å². The number of hydrogen-bond donors (Lipinski definition) is 2. The minimum absolute atomic E-state index is 0.0680.